The molecule has 16 nitrogen and oxygen atoms in total. The molecule has 0 aliphatic heterocycles. The highest BCUT2D eigenvalue weighted by Crippen LogP contribution is 2.43. The molecule has 0 amide bonds. The third kappa shape index (κ3) is 69.8. The summed E-state index contributed by atoms with van der Waals surface area (Å²) in [5, 5.41) is 0. The first-order valence-corrected chi connectivity index (χ1v) is 42.8. The first-order chi connectivity index (χ1) is 49.5. The molecule has 0 aromatic rings. The van der Waals surface area contributed by atoms with E-state index in [0.717, 1.165) is 101 Å². The number of carbonyl (C=O) groups is 8. The molecule has 0 N–H and O–H groups in total. The standard InChI is InChI=1S/C60H106O16.C15H32.C12H26.8CH4/c1-9-29-47(13-5)43-73-53(61)33-21-17-25-37-69-57(65)41-51(59(67)71-39-27-19-23-35-55(63)75-45-49(15-7)31-11-3)52(60(68)72-40-28-20-24-36-56(64)76-46-50(16-8)32-12-4)42-58(66)70-38-26-18-22-34-54(62)74-44-48(14-6)30-10-2;1-7-11-13(9-3)15(5,6)14(10-4)12-8-2;1-5-9-11(7-3)12(8-4)10-6-2;;;;;;;;/h47-52H,9-46H2,1-8H3;13-14H,7-12H2,1-6H3;11-12H,5-10H2,1-4H3;8*1H4. The Morgan fingerprint density at radius 1 is 0.243 bits per heavy atom. The summed E-state index contributed by atoms with van der Waals surface area (Å²) in [6.45, 7) is 41.9. The summed E-state index contributed by atoms with van der Waals surface area (Å²) in [7, 11) is 0. The Balaban J connectivity index is -0.000000267. The quantitative estimate of drug-likeness (QED) is 0.0315. The van der Waals surface area contributed by atoms with Gasteiger partial charge in [-0.1, -0.05) is 312 Å². The van der Waals surface area contributed by atoms with Gasteiger partial charge in [0.1, 0.15) is 0 Å². The molecule has 0 aromatic heterocycles. The molecular formula is C95H196O16. The molecule has 0 spiro atoms. The van der Waals surface area contributed by atoms with Crippen LogP contribution in [0.25, 0.3) is 0 Å². The van der Waals surface area contributed by atoms with E-state index in [1.807, 2.05) is 0 Å². The lowest BCUT2D eigenvalue weighted by Gasteiger charge is -2.41. The van der Waals surface area contributed by atoms with E-state index in [4.69, 9.17) is 37.9 Å². The number of rotatable bonds is 66. The van der Waals surface area contributed by atoms with Gasteiger partial charge in [-0.05, 0) is 155 Å². The Hall–Kier alpha value is -4.24. The molecule has 0 saturated heterocycles. The number of hydrogen-bond acceptors (Lipinski definition) is 16. The molecule has 10 atom stereocenters. The van der Waals surface area contributed by atoms with Gasteiger partial charge in [0.25, 0.3) is 0 Å². The molecule has 0 radical (unpaired) electrons. The Morgan fingerprint density at radius 3 is 0.667 bits per heavy atom. The van der Waals surface area contributed by atoms with Gasteiger partial charge in [-0.15, -0.1) is 0 Å². The molecule has 10 unspecified atom stereocenters. The highest BCUT2D eigenvalue weighted by Gasteiger charge is 2.40. The van der Waals surface area contributed by atoms with Gasteiger partial charge in [-0.2, -0.15) is 0 Å². The predicted molar refractivity (Wildman–Crippen MR) is 475 cm³/mol. The first-order valence-electron chi connectivity index (χ1n) is 42.8. The highest BCUT2D eigenvalue weighted by molar-refractivity contribution is 5.88. The van der Waals surface area contributed by atoms with E-state index in [1.165, 1.54) is 77.0 Å². The molecule has 672 valence electrons. The minimum absolute atomic E-state index is 0. The average Bonchev–Trinajstić information content (AvgIpc) is 0.844. The van der Waals surface area contributed by atoms with Gasteiger partial charge in [-0.25, -0.2) is 0 Å². The third-order valence-corrected chi connectivity index (χ3v) is 21.4. The van der Waals surface area contributed by atoms with Crippen LogP contribution in [-0.4, -0.2) is 101 Å². The van der Waals surface area contributed by atoms with Gasteiger partial charge in [0.2, 0.25) is 0 Å². The summed E-state index contributed by atoms with van der Waals surface area (Å²) in [6.07, 6.45) is 34.2. The van der Waals surface area contributed by atoms with E-state index in [1.54, 1.807) is 0 Å². The maximum Gasteiger partial charge on any atom is 0.310 e. The maximum atomic E-state index is 14.0. The topological polar surface area (TPSA) is 210 Å². The summed E-state index contributed by atoms with van der Waals surface area (Å²) in [6, 6.07) is 0. The molecule has 0 aliphatic carbocycles. The second kappa shape index (κ2) is 89.7. The average molecular weight is 1590 g/mol. The second-order valence-electron chi connectivity index (χ2n) is 30.1. The summed E-state index contributed by atoms with van der Waals surface area (Å²) in [5.74, 6) is -2.17. The molecular weight excluding hydrogens is 1400 g/mol. The zero-order valence-electron chi connectivity index (χ0n) is 70.2. The zero-order chi connectivity index (χ0) is 77.9. The number of ether oxygens (including phenoxy) is 8. The summed E-state index contributed by atoms with van der Waals surface area (Å²) in [4.78, 5) is 104. The fourth-order valence-electron chi connectivity index (χ4n) is 14.3. The van der Waals surface area contributed by atoms with E-state index in [9.17, 15) is 38.4 Å². The molecule has 0 fully saturated rings. The lowest BCUT2D eigenvalue weighted by molar-refractivity contribution is -0.167. The Morgan fingerprint density at radius 2 is 0.468 bits per heavy atom. The van der Waals surface area contributed by atoms with Gasteiger partial charge >= 0.3 is 47.8 Å². The van der Waals surface area contributed by atoms with Crippen molar-refractivity contribution in [2.45, 2.75) is 454 Å². The van der Waals surface area contributed by atoms with Crippen LogP contribution in [0.1, 0.15) is 454 Å². The molecule has 0 rings (SSSR count). The van der Waals surface area contributed by atoms with Gasteiger partial charge in [0.05, 0.1) is 77.5 Å². The van der Waals surface area contributed by atoms with Crippen molar-refractivity contribution in [3.05, 3.63) is 0 Å². The monoisotopic (exact) mass is 1590 g/mol. The van der Waals surface area contributed by atoms with Crippen LogP contribution in [-0.2, 0) is 76.3 Å². The Labute approximate surface area is 691 Å². The van der Waals surface area contributed by atoms with E-state index in [0.29, 0.717) is 133 Å². The number of carbonyl (C=O) groups excluding carboxylic acids is 8. The second-order valence-corrected chi connectivity index (χ2v) is 30.1. The van der Waals surface area contributed by atoms with E-state index < -0.39 is 48.6 Å². The van der Waals surface area contributed by atoms with Crippen molar-refractivity contribution in [1.29, 1.82) is 0 Å². The van der Waals surface area contributed by atoms with Crippen LogP contribution < -0.4 is 0 Å². The molecule has 16 heteroatoms. The lowest BCUT2D eigenvalue weighted by atomic mass is 9.65. The van der Waals surface area contributed by atoms with Crippen molar-refractivity contribution in [3.63, 3.8) is 0 Å². The number of hydrogen-bond donors (Lipinski definition) is 0. The van der Waals surface area contributed by atoms with Crippen LogP contribution in [0, 0.1) is 64.6 Å². The van der Waals surface area contributed by atoms with Crippen LogP contribution in [0.4, 0.5) is 0 Å². The summed E-state index contributed by atoms with van der Waals surface area (Å²) < 4.78 is 44.3. The molecule has 111 heavy (non-hydrogen) atoms. The Kier molecular flexibility index (Phi) is 105. The van der Waals surface area contributed by atoms with Crippen molar-refractivity contribution in [2.24, 2.45) is 64.6 Å². The van der Waals surface area contributed by atoms with E-state index in [-0.39, 0.29) is 135 Å². The molecule has 0 saturated carbocycles. The van der Waals surface area contributed by atoms with Crippen LogP contribution in [0.2, 0.25) is 0 Å². The summed E-state index contributed by atoms with van der Waals surface area (Å²) in [5.41, 5.74) is 0.537. The van der Waals surface area contributed by atoms with Crippen LogP contribution in [0.15, 0.2) is 0 Å². The van der Waals surface area contributed by atoms with Crippen molar-refractivity contribution in [1.82, 2.24) is 0 Å². The maximum absolute atomic E-state index is 14.0. The first kappa shape index (κ1) is 130. The molecule has 0 aliphatic rings. The largest absolute Gasteiger partial charge is 0.466 e. The molecule has 0 heterocycles. The normalized spacial score (nSPS) is 13.2. The molecule has 0 aromatic carbocycles. The van der Waals surface area contributed by atoms with Crippen molar-refractivity contribution >= 4 is 47.8 Å². The van der Waals surface area contributed by atoms with Crippen LogP contribution >= 0.6 is 0 Å². The minimum atomic E-state index is -1.46. The lowest BCUT2D eigenvalue weighted by Crippen LogP contribution is -2.36. The fourth-order valence-corrected chi connectivity index (χ4v) is 14.3. The van der Waals surface area contributed by atoms with Crippen molar-refractivity contribution < 1.29 is 76.3 Å². The number of esters is 8. The predicted octanol–water partition coefficient (Wildman–Crippen LogP) is 28.3. The fraction of sp³-hybridized carbons (Fsp3) is 0.916. The van der Waals surface area contributed by atoms with Crippen molar-refractivity contribution in [2.75, 3.05) is 52.9 Å². The van der Waals surface area contributed by atoms with E-state index >= 15 is 0 Å². The number of unbranched alkanes of at least 4 members (excludes halogenated alkanes) is 8. The zero-order valence-corrected chi connectivity index (χ0v) is 70.2. The van der Waals surface area contributed by atoms with Crippen LogP contribution in [0.5, 0.6) is 0 Å². The van der Waals surface area contributed by atoms with Gasteiger partial charge < -0.3 is 37.9 Å². The van der Waals surface area contributed by atoms with Gasteiger partial charge in [-0.3, -0.25) is 38.4 Å². The van der Waals surface area contributed by atoms with Crippen LogP contribution in [0.3, 0.4) is 0 Å². The SMILES string of the molecule is C.C.C.C.C.C.C.C.CCCC(CC)C(C)(C)C(CC)CCC.CCCC(CC)C(CC)CCC.CCCC(CC)COC(=O)CCCCCOC(=O)CC(C(=O)OCCCCCC(=O)OCC(CC)CCC)C(CC(=O)OCCCCCC(=O)OCC(CC)CCC)C(=O)OCCCCCC(=O)OCC(CC)CCC. The van der Waals surface area contributed by atoms with Gasteiger partial charge in [0.15, 0.2) is 0 Å². The molecule has 0 bridgehead atoms. The van der Waals surface area contributed by atoms with Gasteiger partial charge in [0, 0.05) is 25.7 Å². The van der Waals surface area contributed by atoms with E-state index in [2.05, 4.69) is 125 Å². The smallest absolute Gasteiger partial charge is 0.310 e. The summed E-state index contributed by atoms with van der Waals surface area (Å²) >= 11 is 0. The highest BCUT2D eigenvalue weighted by atomic mass is 16.6. The third-order valence-electron chi connectivity index (χ3n) is 21.4. The Bertz CT molecular complexity index is 1920. The minimum Gasteiger partial charge on any atom is -0.466 e. The van der Waals surface area contributed by atoms with Crippen molar-refractivity contribution in [3.8, 4) is 0 Å².